The Labute approximate surface area is 237 Å². The monoisotopic (exact) mass is 572 g/mol. The van der Waals surface area contributed by atoms with Crippen LogP contribution in [0, 0.1) is 11.7 Å². The van der Waals surface area contributed by atoms with Crippen molar-refractivity contribution in [1.29, 1.82) is 0 Å². The fourth-order valence-electron chi connectivity index (χ4n) is 5.98. The highest BCUT2D eigenvalue weighted by atomic mass is 19.4. The van der Waals surface area contributed by atoms with Crippen molar-refractivity contribution in [3.05, 3.63) is 53.2 Å². The van der Waals surface area contributed by atoms with E-state index in [0.717, 1.165) is 69.1 Å². The molecule has 1 saturated carbocycles. The van der Waals surface area contributed by atoms with E-state index >= 15 is 0 Å². The van der Waals surface area contributed by atoms with Crippen molar-refractivity contribution in [3.63, 3.8) is 0 Å². The Balaban J connectivity index is 1.33. The molecule has 1 aromatic heterocycles. The third-order valence-corrected chi connectivity index (χ3v) is 8.11. The molecule has 5 rings (SSSR count). The van der Waals surface area contributed by atoms with Crippen LogP contribution in [0.15, 0.2) is 40.7 Å². The zero-order chi connectivity index (χ0) is 29.0. The molecule has 0 spiro atoms. The van der Waals surface area contributed by atoms with E-state index in [2.05, 4.69) is 30.1 Å². The van der Waals surface area contributed by atoms with Gasteiger partial charge < -0.3 is 20.9 Å². The van der Waals surface area contributed by atoms with Crippen LogP contribution in [0.25, 0.3) is 5.57 Å². The van der Waals surface area contributed by atoms with E-state index < -0.39 is 17.6 Å². The van der Waals surface area contributed by atoms with E-state index in [4.69, 9.17) is 10.7 Å². The van der Waals surface area contributed by atoms with Gasteiger partial charge in [0.2, 0.25) is 0 Å². The van der Waals surface area contributed by atoms with Crippen LogP contribution in [0.1, 0.15) is 55.2 Å². The molecule has 220 valence electrons. The number of halogens is 4. The number of aromatic nitrogens is 2. The van der Waals surface area contributed by atoms with E-state index in [-0.39, 0.29) is 12.5 Å². The largest absolute Gasteiger partial charge is 0.419 e. The summed E-state index contributed by atoms with van der Waals surface area (Å²) in [6.07, 6.45) is 6.71. The molecular weight excluding hydrogens is 536 g/mol. The minimum absolute atomic E-state index is 0.178. The fraction of sp³-hybridized carbons (Fsp3) is 0.517. The summed E-state index contributed by atoms with van der Waals surface area (Å²) < 4.78 is 54.2. The first kappa shape index (κ1) is 29.0. The maximum atomic E-state index is 14.0. The van der Waals surface area contributed by atoms with E-state index in [1.807, 2.05) is 6.20 Å². The van der Waals surface area contributed by atoms with E-state index in [0.29, 0.717) is 35.1 Å². The van der Waals surface area contributed by atoms with Crippen molar-refractivity contribution in [2.24, 2.45) is 15.9 Å². The second kappa shape index (κ2) is 12.5. The summed E-state index contributed by atoms with van der Waals surface area (Å²) in [4.78, 5) is 21.8. The molecule has 3 aliphatic rings. The van der Waals surface area contributed by atoms with Crippen LogP contribution >= 0.6 is 0 Å². The van der Waals surface area contributed by atoms with Crippen LogP contribution in [0.2, 0.25) is 0 Å². The number of nitrogens with two attached hydrogens (primary N) is 1. The van der Waals surface area contributed by atoms with Crippen molar-refractivity contribution in [2.45, 2.75) is 50.7 Å². The van der Waals surface area contributed by atoms with Gasteiger partial charge in [0.1, 0.15) is 29.6 Å². The number of rotatable bonds is 8. The number of alkyl halides is 3. The minimum Gasteiger partial charge on any atom is -0.383 e. The van der Waals surface area contributed by atoms with Crippen LogP contribution in [0.3, 0.4) is 0 Å². The molecule has 8 nitrogen and oxygen atoms in total. The van der Waals surface area contributed by atoms with E-state index in [1.54, 1.807) is 13.3 Å². The van der Waals surface area contributed by atoms with Gasteiger partial charge in [0.25, 0.3) is 0 Å². The van der Waals surface area contributed by atoms with Gasteiger partial charge in [-0.25, -0.2) is 14.4 Å². The summed E-state index contributed by atoms with van der Waals surface area (Å²) >= 11 is 0. The SMILES string of the molecule is CN=Cc1c(N)ncnc1N1CCC(C2=NCC(c3ccc(F)c(C(F)(F)F)c3)=CN2CCNC2CCCC2)CC1. The van der Waals surface area contributed by atoms with Crippen molar-refractivity contribution < 1.29 is 17.6 Å². The first-order chi connectivity index (χ1) is 19.7. The van der Waals surface area contributed by atoms with Crippen molar-refractivity contribution in [2.75, 3.05) is 50.4 Å². The minimum atomic E-state index is -4.76. The molecule has 1 aliphatic carbocycles. The number of hydrogen-bond acceptors (Lipinski definition) is 8. The molecule has 2 fully saturated rings. The third kappa shape index (κ3) is 6.69. The normalized spacial score (nSPS) is 19.2. The predicted molar refractivity (Wildman–Crippen MR) is 154 cm³/mol. The van der Waals surface area contributed by atoms with Gasteiger partial charge in [-0.3, -0.25) is 9.98 Å². The number of amidine groups is 1. The van der Waals surface area contributed by atoms with Crippen LogP contribution in [0.4, 0.5) is 29.2 Å². The van der Waals surface area contributed by atoms with Gasteiger partial charge in [-0.1, -0.05) is 18.9 Å². The average molecular weight is 573 g/mol. The van der Waals surface area contributed by atoms with Gasteiger partial charge in [0.15, 0.2) is 0 Å². The molecule has 3 heterocycles. The number of anilines is 2. The topological polar surface area (TPSA) is 95.0 Å². The predicted octanol–water partition coefficient (Wildman–Crippen LogP) is 4.77. The quantitative estimate of drug-likeness (QED) is 0.350. The first-order valence-corrected chi connectivity index (χ1v) is 14.1. The number of hydrogen-bond donors (Lipinski definition) is 2. The lowest BCUT2D eigenvalue weighted by Crippen LogP contribution is -2.45. The molecule has 2 aromatic rings. The molecule has 12 heteroatoms. The molecular formula is C29H36F4N8. The molecule has 0 bridgehead atoms. The summed E-state index contributed by atoms with van der Waals surface area (Å²) in [6.45, 7) is 3.10. The molecule has 3 N–H and O–H groups in total. The number of nitrogens with one attached hydrogen (secondary N) is 1. The lowest BCUT2D eigenvalue weighted by molar-refractivity contribution is -0.140. The van der Waals surface area contributed by atoms with Gasteiger partial charge >= 0.3 is 6.18 Å². The molecule has 1 saturated heterocycles. The highest BCUT2D eigenvalue weighted by molar-refractivity contribution is 5.92. The van der Waals surface area contributed by atoms with Gasteiger partial charge in [-0.15, -0.1) is 0 Å². The Bertz CT molecular complexity index is 1310. The third-order valence-electron chi connectivity index (χ3n) is 8.11. The fourth-order valence-corrected chi connectivity index (χ4v) is 5.98. The Morgan fingerprint density at radius 1 is 1.12 bits per heavy atom. The molecule has 0 atom stereocenters. The maximum absolute atomic E-state index is 14.0. The number of aliphatic imine (C=N–C) groups is 2. The van der Waals surface area contributed by atoms with Gasteiger partial charge in [-0.05, 0) is 49.0 Å². The lowest BCUT2D eigenvalue weighted by Gasteiger charge is -2.38. The van der Waals surface area contributed by atoms with Gasteiger partial charge in [-0.2, -0.15) is 13.2 Å². The second-order valence-corrected chi connectivity index (χ2v) is 10.8. The molecule has 0 radical (unpaired) electrons. The Hall–Kier alpha value is -3.54. The molecule has 41 heavy (non-hydrogen) atoms. The lowest BCUT2D eigenvalue weighted by atomic mass is 9.93. The van der Waals surface area contributed by atoms with Crippen molar-refractivity contribution in [3.8, 4) is 0 Å². The second-order valence-electron chi connectivity index (χ2n) is 10.8. The summed E-state index contributed by atoms with van der Waals surface area (Å²) in [5.41, 5.74) is 6.49. The van der Waals surface area contributed by atoms with Crippen molar-refractivity contribution in [1.82, 2.24) is 20.2 Å². The highest BCUT2D eigenvalue weighted by Crippen LogP contribution is 2.35. The standard InChI is InChI=1S/C29H36F4N8/c1-35-16-23-26(34)38-18-39-28(23)40-11-8-19(9-12-40)27-37-15-21(17-41(27)13-10-36-22-4-2-3-5-22)20-6-7-25(30)24(14-20)29(31,32)33/h6-7,14,16-19,22,36H,2-5,8-13,15H2,1H3,(H2,34,38,39). The number of nitrogens with zero attached hydrogens (tertiary/aromatic N) is 6. The smallest absolute Gasteiger partial charge is 0.383 e. The maximum Gasteiger partial charge on any atom is 0.419 e. The zero-order valence-electron chi connectivity index (χ0n) is 23.2. The summed E-state index contributed by atoms with van der Waals surface area (Å²) in [5, 5.41) is 3.62. The van der Waals surface area contributed by atoms with Crippen molar-refractivity contribution >= 4 is 29.3 Å². The Morgan fingerprint density at radius 2 is 1.88 bits per heavy atom. The Morgan fingerprint density at radius 3 is 2.59 bits per heavy atom. The van der Waals surface area contributed by atoms with Crippen LogP contribution in [-0.4, -0.2) is 72.7 Å². The van der Waals surface area contributed by atoms with Crippen LogP contribution in [0.5, 0.6) is 0 Å². The molecule has 0 unspecified atom stereocenters. The average Bonchev–Trinajstić information content (AvgIpc) is 3.48. The zero-order valence-corrected chi connectivity index (χ0v) is 23.2. The number of nitrogen functional groups attached to an aromatic ring is 1. The van der Waals surface area contributed by atoms with E-state index in [9.17, 15) is 17.6 Å². The van der Waals surface area contributed by atoms with Crippen LogP contribution < -0.4 is 16.0 Å². The number of piperidine rings is 1. The number of benzene rings is 1. The van der Waals surface area contributed by atoms with Gasteiger partial charge in [0.05, 0.1) is 17.7 Å². The first-order valence-electron chi connectivity index (χ1n) is 14.1. The van der Waals surface area contributed by atoms with E-state index in [1.165, 1.54) is 25.2 Å². The Kier molecular flexibility index (Phi) is 8.86. The molecule has 1 aromatic carbocycles. The van der Waals surface area contributed by atoms with Gasteiger partial charge in [0, 0.05) is 57.6 Å². The van der Waals surface area contributed by atoms with Crippen LogP contribution in [-0.2, 0) is 6.18 Å². The molecule has 0 amide bonds. The molecule has 2 aliphatic heterocycles. The summed E-state index contributed by atoms with van der Waals surface area (Å²) in [6, 6.07) is 3.67. The highest BCUT2D eigenvalue weighted by Gasteiger charge is 2.35. The summed E-state index contributed by atoms with van der Waals surface area (Å²) in [7, 11) is 1.68. The summed E-state index contributed by atoms with van der Waals surface area (Å²) in [5.74, 6) is 0.982.